The Labute approximate surface area is 142 Å². The molecule has 4 heteroatoms. The predicted molar refractivity (Wildman–Crippen MR) is 93.5 cm³/mol. The number of carboxylic acid groups (broad SMARTS) is 1. The molecule has 0 heterocycles. The molecule has 0 aliphatic carbocycles. The van der Waals surface area contributed by atoms with Gasteiger partial charge in [-0.25, -0.2) is 4.79 Å². The standard InChI is InChI=1S/C19H36O4/c1-3-4-5-6-7-8-9-10-11-12-13-14-15-17(2)19(22)23-16-18(20)21/h17H,3-16H2,1-2H3,(H,20,21). The Morgan fingerprint density at radius 2 is 1.26 bits per heavy atom. The van der Waals surface area contributed by atoms with Crippen molar-refractivity contribution in [3.05, 3.63) is 0 Å². The summed E-state index contributed by atoms with van der Waals surface area (Å²) in [4.78, 5) is 21.8. The SMILES string of the molecule is CCCCCCCCCCCCCCC(C)C(=O)OCC(=O)O. The Bertz CT molecular complexity index is 302. The number of unbranched alkanes of at least 4 members (excludes halogenated alkanes) is 11. The largest absolute Gasteiger partial charge is 0.479 e. The summed E-state index contributed by atoms with van der Waals surface area (Å²) in [6, 6.07) is 0. The lowest BCUT2D eigenvalue weighted by Gasteiger charge is -2.10. The zero-order valence-electron chi connectivity index (χ0n) is 15.1. The van der Waals surface area contributed by atoms with Crippen LogP contribution in [0.5, 0.6) is 0 Å². The Hall–Kier alpha value is -1.06. The van der Waals surface area contributed by atoms with Gasteiger partial charge in [-0.3, -0.25) is 4.79 Å². The Kier molecular flexibility index (Phi) is 15.1. The summed E-state index contributed by atoms with van der Waals surface area (Å²) >= 11 is 0. The van der Waals surface area contributed by atoms with E-state index in [1.165, 1.54) is 64.2 Å². The maximum atomic E-state index is 11.5. The molecule has 1 atom stereocenters. The summed E-state index contributed by atoms with van der Waals surface area (Å²) < 4.78 is 4.68. The highest BCUT2D eigenvalue weighted by molar-refractivity contribution is 5.76. The molecule has 0 saturated carbocycles. The number of esters is 1. The van der Waals surface area contributed by atoms with E-state index >= 15 is 0 Å². The minimum absolute atomic E-state index is 0.197. The smallest absolute Gasteiger partial charge is 0.341 e. The summed E-state index contributed by atoms with van der Waals surface area (Å²) in [6.07, 6.45) is 16.4. The molecule has 0 aromatic carbocycles. The fraction of sp³-hybridized carbons (Fsp3) is 0.895. The van der Waals surface area contributed by atoms with Crippen molar-refractivity contribution >= 4 is 11.9 Å². The van der Waals surface area contributed by atoms with Gasteiger partial charge in [0.2, 0.25) is 0 Å². The van der Waals surface area contributed by atoms with E-state index in [1.807, 2.05) is 6.92 Å². The molecule has 0 fully saturated rings. The highest BCUT2D eigenvalue weighted by atomic mass is 16.5. The second-order valence-corrected chi connectivity index (χ2v) is 6.58. The average molecular weight is 328 g/mol. The first-order valence-electron chi connectivity index (χ1n) is 9.46. The third-order valence-corrected chi connectivity index (χ3v) is 4.23. The molecule has 0 aliphatic rings. The van der Waals surface area contributed by atoms with Crippen molar-refractivity contribution < 1.29 is 19.4 Å². The topological polar surface area (TPSA) is 63.6 Å². The second kappa shape index (κ2) is 15.8. The maximum Gasteiger partial charge on any atom is 0.341 e. The number of carbonyl (C=O) groups excluding carboxylic acids is 1. The van der Waals surface area contributed by atoms with E-state index in [0.717, 1.165) is 19.3 Å². The Morgan fingerprint density at radius 3 is 1.70 bits per heavy atom. The van der Waals surface area contributed by atoms with E-state index in [2.05, 4.69) is 11.7 Å². The van der Waals surface area contributed by atoms with Crippen LogP contribution in [0.1, 0.15) is 97.3 Å². The van der Waals surface area contributed by atoms with E-state index in [9.17, 15) is 9.59 Å². The zero-order chi connectivity index (χ0) is 17.3. The van der Waals surface area contributed by atoms with Crippen molar-refractivity contribution in [2.24, 2.45) is 5.92 Å². The molecule has 0 aliphatic heterocycles. The quantitative estimate of drug-likeness (QED) is 0.307. The minimum Gasteiger partial charge on any atom is -0.479 e. The molecule has 0 rings (SSSR count). The zero-order valence-corrected chi connectivity index (χ0v) is 15.1. The summed E-state index contributed by atoms with van der Waals surface area (Å²) in [5.74, 6) is -1.69. The number of aliphatic carboxylic acids is 1. The molecule has 0 radical (unpaired) electrons. The number of carboxylic acids is 1. The fourth-order valence-corrected chi connectivity index (χ4v) is 2.68. The van der Waals surface area contributed by atoms with Crippen molar-refractivity contribution in [3.8, 4) is 0 Å². The Morgan fingerprint density at radius 1 is 0.826 bits per heavy atom. The van der Waals surface area contributed by atoms with Gasteiger partial charge in [-0.1, -0.05) is 90.9 Å². The fourth-order valence-electron chi connectivity index (χ4n) is 2.68. The molecule has 4 nitrogen and oxygen atoms in total. The third-order valence-electron chi connectivity index (χ3n) is 4.23. The van der Waals surface area contributed by atoms with Crippen LogP contribution in [0.15, 0.2) is 0 Å². The van der Waals surface area contributed by atoms with Gasteiger partial charge in [0, 0.05) is 0 Å². The van der Waals surface area contributed by atoms with Crippen LogP contribution in [0.3, 0.4) is 0 Å². The number of rotatable bonds is 16. The molecule has 23 heavy (non-hydrogen) atoms. The summed E-state index contributed by atoms with van der Waals surface area (Å²) in [5.41, 5.74) is 0. The van der Waals surface area contributed by atoms with Crippen LogP contribution < -0.4 is 0 Å². The van der Waals surface area contributed by atoms with Crippen molar-refractivity contribution in [3.63, 3.8) is 0 Å². The van der Waals surface area contributed by atoms with Gasteiger partial charge < -0.3 is 9.84 Å². The van der Waals surface area contributed by atoms with Crippen LogP contribution in [-0.2, 0) is 14.3 Å². The lowest BCUT2D eigenvalue weighted by molar-refractivity contribution is -0.157. The van der Waals surface area contributed by atoms with Crippen LogP contribution in [0.4, 0.5) is 0 Å². The maximum absolute atomic E-state index is 11.5. The molecule has 1 unspecified atom stereocenters. The van der Waals surface area contributed by atoms with Crippen LogP contribution in [-0.4, -0.2) is 23.7 Å². The second-order valence-electron chi connectivity index (χ2n) is 6.58. The third kappa shape index (κ3) is 15.6. The summed E-state index contributed by atoms with van der Waals surface area (Å²) in [7, 11) is 0. The molecule has 0 saturated heterocycles. The van der Waals surface area contributed by atoms with Crippen LogP contribution in [0, 0.1) is 5.92 Å². The highest BCUT2D eigenvalue weighted by Gasteiger charge is 2.14. The van der Waals surface area contributed by atoms with E-state index in [-0.39, 0.29) is 5.92 Å². The van der Waals surface area contributed by atoms with Gasteiger partial charge in [0.1, 0.15) is 0 Å². The monoisotopic (exact) mass is 328 g/mol. The molecule has 0 amide bonds. The van der Waals surface area contributed by atoms with Gasteiger partial charge in [-0.15, -0.1) is 0 Å². The molecular formula is C19H36O4. The van der Waals surface area contributed by atoms with Crippen molar-refractivity contribution in [1.29, 1.82) is 0 Å². The Balaban J connectivity index is 3.29. The lowest BCUT2D eigenvalue weighted by atomic mass is 10.0. The van der Waals surface area contributed by atoms with E-state index in [0.29, 0.717) is 0 Å². The number of carbonyl (C=O) groups is 2. The minimum atomic E-state index is -1.10. The van der Waals surface area contributed by atoms with Gasteiger partial charge in [0.25, 0.3) is 0 Å². The first-order valence-corrected chi connectivity index (χ1v) is 9.46. The van der Waals surface area contributed by atoms with Gasteiger partial charge in [0.05, 0.1) is 5.92 Å². The first kappa shape index (κ1) is 21.9. The van der Waals surface area contributed by atoms with Gasteiger partial charge in [-0.05, 0) is 6.42 Å². The van der Waals surface area contributed by atoms with Crippen molar-refractivity contribution in [2.45, 2.75) is 97.3 Å². The highest BCUT2D eigenvalue weighted by Crippen LogP contribution is 2.15. The van der Waals surface area contributed by atoms with Crippen molar-refractivity contribution in [2.75, 3.05) is 6.61 Å². The molecular weight excluding hydrogens is 292 g/mol. The molecule has 0 bridgehead atoms. The summed E-state index contributed by atoms with van der Waals surface area (Å²) in [5, 5.41) is 8.46. The van der Waals surface area contributed by atoms with Gasteiger partial charge >= 0.3 is 11.9 Å². The predicted octanol–water partition coefficient (Wildman–Crippen LogP) is 5.34. The van der Waals surface area contributed by atoms with Gasteiger partial charge in [0.15, 0.2) is 6.61 Å². The van der Waals surface area contributed by atoms with E-state index < -0.39 is 18.5 Å². The van der Waals surface area contributed by atoms with E-state index in [4.69, 9.17) is 5.11 Å². The molecule has 0 aromatic rings. The summed E-state index contributed by atoms with van der Waals surface area (Å²) in [6.45, 7) is 3.53. The van der Waals surface area contributed by atoms with Crippen molar-refractivity contribution in [1.82, 2.24) is 0 Å². The van der Waals surface area contributed by atoms with E-state index in [1.54, 1.807) is 0 Å². The molecule has 0 aromatic heterocycles. The molecule has 1 N–H and O–H groups in total. The number of hydrogen-bond donors (Lipinski definition) is 1. The normalized spacial score (nSPS) is 12.1. The molecule has 136 valence electrons. The first-order chi connectivity index (χ1) is 11.1. The lowest BCUT2D eigenvalue weighted by Crippen LogP contribution is -2.19. The number of ether oxygens (including phenoxy) is 1. The van der Waals surface area contributed by atoms with Gasteiger partial charge in [-0.2, -0.15) is 0 Å². The van der Waals surface area contributed by atoms with Crippen LogP contribution in [0.2, 0.25) is 0 Å². The van der Waals surface area contributed by atoms with Crippen LogP contribution in [0.25, 0.3) is 0 Å². The van der Waals surface area contributed by atoms with Crippen LogP contribution >= 0.6 is 0 Å². The average Bonchev–Trinajstić information content (AvgIpc) is 2.53. The number of hydrogen-bond acceptors (Lipinski definition) is 3. The molecule has 0 spiro atoms.